The van der Waals surface area contributed by atoms with Gasteiger partial charge in [-0.15, -0.1) is 0 Å². The third-order valence-corrected chi connectivity index (χ3v) is 6.65. The third-order valence-electron chi connectivity index (χ3n) is 6.65. The molecule has 5 heteroatoms. The summed E-state index contributed by atoms with van der Waals surface area (Å²) in [5.74, 6) is 0.418. The van der Waals surface area contributed by atoms with E-state index in [-0.39, 0.29) is 0 Å². The Labute approximate surface area is 167 Å². The Morgan fingerprint density at radius 1 is 1.00 bits per heavy atom. The third kappa shape index (κ3) is 3.20. The van der Waals surface area contributed by atoms with E-state index in [1.54, 1.807) is 0 Å². The van der Waals surface area contributed by atoms with Crippen LogP contribution in [0.5, 0.6) is 5.88 Å². The number of rotatable bonds is 3. The van der Waals surface area contributed by atoms with Gasteiger partial charge in [0.15, 0.2) is 0 Å². The maximum Gasteiger partial charge on any atom is 0.201 e. The molecule has 3 aliphatic heterocycles. The van der Waals surface area contributed by atoms with Gasteiger partial charge >= 0.3 is 0 Å². The fraction of sp³-hybridized carbons (Fsp3) is 0.609. The van der Waals surface area contributed by atoms with Crippen LogP contribution in [-0.4, -0.2) is 48.2 Å². The minimum atomic E-state index is 0.300. The van der Waals surface area contributed by atoms with E-state index >= 15 is 0 Å². The summed E-state index contributed by atoms with van der Waals surface area (Å²) in [6.07, 6.45) is 8.96. The van der Waals surface area contributed by atoms with Crippen molar-refractivity contribution < 1.29 is 9.84 Å². The van der Waals surface area contributed by atoms with E-state index < -0.39 is 0 Å². The highest BCUT2D eigenvalue weighted by Gasteiger charge is 2.27. The molecule has 1 aromatic carbocycles. The summed E-state index contributed by atoms with van der Waals surface area (Å²) in [7, 11) is 0. The Bertz CT molecular complexity index is 874. The lowest BCUT2D eigenvalue weighted by Crippen LogP contribution is -2.19. The van der Waals surface area contributed by atoms with Gasteiger partial charge in [-0.05, 0) is 63.1 Å². The highest BCUT2D eigenvalue weighted by molar-refractivity contribution is 6.14. The molecule has 0 aliphatic carbocycles. The van der Waals surface area contributed by atoms with Crippen molar-refractivity contribution in [2.75, 3.05) is 37.7 Å². The number of aliphatic imine (C=N–C) groups is 1. The summed E-state index contributed by atoms with van der Waals surface area (Å²) in [6, 6.07) is 7.06. The number of nitrogens with zero attached hydrogens (tertiary/aromatic N) is 3. The minimum absolute atomic E-state index is 0.300. The number of aromatic nitrogens is 1. The molecule has 0 bridgehead atoms. The van der Waals surface area contributed by atoms with E-state index in [0.717, 1.165) is 81.7 Å². The molecule has 4 heterocycles. The molecule has 0 amide bonds. The lowest BCUT2D eigenvalue weighted by Gasteiger charge is -2.25. The lowest BCUT2D eigenvalue weighted by molar-refractivity contribution is 0.0688. The number of aromatic hydroxyl groups is 1. The van der Waals surface area contributed by atoms with Crippen molar-refractivity contribution in [3.63, 3.8) is 0 Å². The molecule has 0 atom stereocenters. The van der Waals surface area contributed by atoms with Gasteiger partial charge in [-0.3, -0.25) is 4.99 Å². The summed E-state index contributed by atoms with van der Waals surface area (Å²) in [5.41, 5.74) is 4.52. The van der Waals surface area contributed by atoms with Crippen molar-refractivity contribution in [1.82, 2.24) is 4.57 Å². The first kappa shape index (κ1) is 18.0. The Kier molecular flexibility index (Phi) is 5.02. The van der Waals surface area contributed by atoms with Gasteiger partial charge in [-0.25, -0.2) is 0 Å². The molecular weight excluding hydrogens is 350 g/mol. The van der Waals surface area contributed by atoms with E-state index in [4.69, 9.17) is 9.73 Å². The normalized spacial score (nSPS) is 21.9. The minimum Gasteiger partial charge on any atom is -0.494 e. The number of ether oxygens (including phenoxy) is 1. The molecule has 1 N–H and O–H groups in total. The zero-order valence-electron chi connectivity index (χ0n) is 16.7. The SMILES string of the molecule is Oc1c(C2=NCCCCC2)c2cc(N3CCCC3)ccc2n1C1CCOCC1. The molecule has 1 aromatic heterocycles. The van der Waals surface area contributed by atoms with Crippen LogP contribution in [0.15, 0.2) is 23.2 Å². The van der Waals surface area contributed by atoms with Crippen LogP contribution in [0.25, 0.3) is 10.9 Å². The van der Waals surface area contributed by atoms with Crippen molar-refractivity contribution in [3.05, 3.63) is 23.8 Å². The first-order valence-electron chi connectivity index (χ1n) is 11.1. The second kappa shape index (κ2) is 7.78. The zero-order valence-corrected chi connectivity index (χ0v) is 16.7. The van der Waals surface area contributed by atoms with Gasteiger partial charge in [-0.2, -0.15) is 0 Å². The molecular formula is C23H31N3O2. The first-order chi connectivity index (χ1) is 13.8. The van der Waals surface area contributed by atoms with Crippen LogP contribution < -0.4 is 4.90 Å². The van der Waals surface area contributed by atoms with Gasteiger partial charge in [0.2, 0.25) is 5.88 Å². The van der Waals surface area contributed by atoms with E-state index in [0.29, 0.717) is 11.9 Å². The number of benzene rings is 1. The summed E-state index contributed by atoms with van der Waals surface area (Å²) in [4.78, 5) is 7.37. The van der Waals surface area contributed by atoms with Crippen LogP contribution in [0.3, 0.4) is 0 Å². The zero-order chi connectivity index (χ0) is 18.9. The molecule has 0 unspecified atom stereocenters. The quantitative estimate of drug-likeness (QED) is 0.841. The number of anilines is 1. The first-order valence-corrected chi connectivity index (χ1v) is 11.1. The predicted molar refractivity (Wildman–Crippen MR) is 114 cm³/mol. The summed E-state index contributed by atoms with van der Waals surface area (Å²) < 4.78 is 7.75. The largest absolute Gasteiger partial charge is 0.494 e. The van der Waals surface area contributed by atoms with Gasteiger partial charge in [0.1, 0.15) is 0 Å². The van der Waals surface area contributed by atoms with Crippen LogP contribution in [0.2, 0.25) is 0 Å². The maximum absolute atomic E-state index is 11.4. The van der Waals surface area contributed by atoms with E-state index in [9.17, 15) is 5.11 Å². The summed E-state index contributed by atoms with van der Waals surface area (Å²) in [6.45, 7) is 4.69. The molecule has 5 nitrogen and oxygen atoms in total. The Morgan fingerprint density at radius 3 is 2.64 bits per heavy atom. The van der Waals surface area contributed by atoms with Crippen molar-refractivity contribution in [2.24, 2.45) is 4.99 Å². The van der Waals surface area contributed by atoms with Crippen LogP contribution >= 0.6 is 0 Å². The van der Waals surface area contributed by atoms with Crippen LogP contribution in [0.4, 0.5) is 5.69 Å². The average Bonchev–Trinajstić information content (AvgIpc) is 3.27. The van der Waals surface area contributed by atoms with Crippen molar-refractivity contribution in [2.45, 2.75) is 57.4 Å². The number of hydrogen-bond donors (Lipinski definition) is 1. The second-order valence-corrected chi connectivity index (χ2v) is 8.45. The second-order valence-electron chi connectivity index (χ2n) is 8.45. The van der Waals surface area contributed by atoms with Crippen LogP contribution in [0.1, 0.15) is 63.0 Å². The Morgan fingerprint density at radius 2 is 1.82 bits per heavy atom. The molecule has 28 heavy (non-hydrogen) atoms. The Hall–Kier alpha value is -2.01. The van der Waals surface area contributed by atoms with Crippen LogP contribution in [-0.2, 0) is 4.74 Å². The Balaban J connectivity index is 1.66. The number of fused-ring (bicyclic) bond motifs is 1. The molecule has 2 saturated heterocycles. The van der Waals surface area contributed by atoms with E-state index in [2.05, 4.69) is 27.7 Å². The molecule has 5 rings (SSSR count). The number of hydrogen-bond acceptors (Lipinski definition) is 4. The predicted octanol–water partition coefficient (Wildman–Crippen LogP) is 4.66. The van der Waals surface area contributed by atoms with Gasteiger partial charge in [0, 0.05) is 55.7 Å². The maximum atomic E-state index is 11.4. The molecule has 2 fully saturated rings. The van der Waals surface area contributed by atoms with E-state index in [1.807, 2.05) is 0 Å². The lowest BCUT2D eigenvalue weighted by atomic mass is 10.0. The fourth-order valence-electron chi connectivity index (χ4n) is 5.14. The van der Waals surface area contributed by atoms with E-state index in [1.165, 1.54) is 30.3 Å². The highest BCUT2D eigenvalue weighted by Crippen LogP contribution is 2.40. The monoisotopic (exact) mass is 381 g/mol. The molecule has 0 spiro atoms. The topological polar surface area (TPSA) is 50.0 Å². The van der Waals surface area contributed by atoms with Crippen molar-refractivity contribution >= 4 is 22.3 Å². The molecule has 150 valence electrons. The standard InChI is InChI=1S/C23H31N3O2/c27-23-22(20-6-2-1-3-11-24-20)19-16-18(25-12-4-5-13-25)7-8-21(19)26(23)17-9-14-28-15-10-17/h7-8,16-17,27H,1-6,9-15H2. The summed E-state index contributed by atoms with van der Waals surface area (Å²) >= 11 is 0. The molecule has 0 radical (unpaired) electrons. The van der Waals surface area contributed by atoms with Gasteiger partial charge in [0.05, 0.1) is 11.1 Å². The van der Waals surface area contributed by atoms with Crippen LogP contribution in [0, 0.1) is 0 Å². The summed E-state index contributed by atoms with van der Waals surface area (Å²) in [5, 5.41) is 12.6. The van der Waals surface area contributed by atoms with Gasteiger partial charge in [0.25, 0.3) is 0 Å². The van der Waals surface area contributed by atoms with Gasteiger partial charge < -0.3 is 19.3 Å². The highest BCUT2D eigenvalue weighted by atomic mass is 16.5. The average molecular weight is 382 g/mol. The molecule has 3 aliphatic rings. The smallest absolute Gasteiger partial charge is 0.201 e. The van der Waals surface area contributed by atoms with Crippen molar-refractivity contribution in [3.8, 4) is 5.88 Å². The molecule has 2 aromatic rings. The molecule has 0 saturated carbocycles. The van der Waals surface area contributed by atoms with Gasteiger partial charge in [-0.1, -0.05) is 6.42 Å². The van der Waals surface area contributed by atoms with Crippen molar-refractivity contribution in [1.29, 1.82) is 0 Å². The fourth-order valence-corrected chi connectivity index (χ4v) is 5.14.